The van der Waals surface area contributed by atoms with E-state index < -0.39 is 0 Å². The van der Waals surface area contributed by atoms with E-state index in [1.54, 1.807) is 0 Å². The number of hydrogen-bond acceptors (Lipinski definition) is 4. The Hall–Kier alpha value is -5.25. The molecule has 0 radical (unpaired) electrons. The average molecular weight is 806 g/mol. The summed E-state index contributed by atoms with van der Waals surface area (Å²) in [6.45, 7) is 4.20. The van der Waals surface area contributed by atoms with Gasteiger partial charge < -0.3 is 14.1 Å². The standard InChI is InChI=1S/C42H32N3O2.Pt/c1-27-20-28(2)22-32(21-27)45-26-38(44-42(45)29-12-4-3-5-13-29)37-23-36-34-17-10-11-19-39(34)47-41(36)35(40(37)46)18-9-7-15-31-25-43-24-30-14-6-8-16-33(30)31;/h3-12,14,16-17,19-26,46H,15,18H2,1-2H3;/q-1;/b9-7+;. The Kier molecular flexibility index (Phi) is 8.56. The molecule has 1 N–H and O–H groups in total. The minimum atomic E-state index is 0. The van der Waals surface area contributed by atoms with Crippen molar-refractivity contribution in [2.24, 2.45) is 0 Å². The maximum Gasteiger partial charge on any atom is 0.142 e. The van der Waals surface area contributed by atoms with Gasteiger partial charge in [0, 0.05) is 72.6 Å². The van der Waals surface area contributed by atoms with Crippen LogP contribution in [0.2, 0.25) is 0 Å². The van der Waals surface area contributed by atoms with Gasteiger partial charge in [-0.15, -0.1) is 35.9 Å². The van der Waals surface area contributed by atoms with E-state index in [1.807, 2.05) is 73.2 Å². The van der Waals surface area contributed by atoms with Crippen molar-refractivity contribution in [1.29, 1.82) is 0 Å². The number of fused-ring (bicyclic) bond motifs is 4. The van der Waals surface area contributed by atoms with Crippen molar-refractivity contribution in [3.8, 4) is 34.1 Å². The number of imidazole rings is 1. The molecule has 0 aliphatic carbocycles. The van der Waals surface area contributed by atoms with Gasteiger partial charge in [-0.25, -0.2) is 0 Å². The van der Waals surface area contributed by atoms with Gasteiger partial charge in [-0.2, -0.15) is 0 Å². The maximum absolute atomic E-state index is 12.0. The van der Waals surface area contributed by atoms with Crippen LogP contribution in [-0.2, 0) is 33.9 Å². The Morgan fingerprint density at radius 2 is 1.56 bits per heavy atom. The van der Waals surface area contributed by atoms with Crippen LogP contribution in [0.4, 0.5) is 0 Å². The molecule has 0 aliphatic heterocycles. The van der Waals surface area contributed by atoms with Gasteiger partial charge in [0.1, 0.15) is 16.9 Å². The second kappa shape index (κ2) is 13.1. The molecule has 5 nitrogen and oxygen atoms in total. The molecule has 8 rings (SSSR count). The van der Waals surface area contributed by atoms with Gasteiger partial charge >= 0.3 is 0 Å². The molecule has 0 aliphatic rings. The molecular weight excluding hydrogens is 774 g/mol. The molecule has 3 aromatic heterocycles. The van der Waals surface area contributed by atoms with Gasteiger partial charge in [-0.05, 0) is 73.0 Å². The third-order valence-electron chi connectivity index (χ3n) is 8.73. The molecular formula is C42H32N3O2Pt-. The molecule has 0 saturated carbocycles. The molecule has 0 fully saturated rings. The van der Waals surface area contributed by atoms with Crippen LogP contribution in [0.3, 0.4) is 0 Å². The normalized spacial score (nSPS) is 11.5. The predicted octanol–water partition coefficient (Wildman–Crippen LogP) is 10.1. The summed E-state index contributed by atoms with van der Waals surface area (Å²) in [6.07, 6.45) is 11.3. The van der Waals surface area contributed by atoms with Crippen molar-refractivity contribution in [2.45, 2.75) is 26.7 Å². The Balaban J connectivity index is 0.00000364. The molecule has 0 unspecified atom stereocenters. The summed E-state index contributed by atoms with van der Waals surface area (Å²) in [5.74, 6) is 0.925. The predicted molar refractivity (Wildman–Crippen MR) is 190 cm³/mol. The molecule has 3 heterocycles. The van der Waals surface area contributed by atoms with Crippen LogP contribution in [0.5, 0.6) is 5.75 Å². The van der Waals surface area contributed by atoms with Crippen molar-refractivity contribution in [3.05, 3.63) is 156 Å². The number of aromatic hydroxyl groups is 1. The topological polar surface area (TPSA) is 64.1 Å². The van der Waals surface area contributed by atoms with Gasteiger partial charge in [0.2, 0.25) is 0 Å². The van der Waals surface area contributed by atoms with E-state index in [9.17, 15) is 5.11 Å². The van der Waals surface area contributed by atoms with Crippen molar-refractivity contribution in [1.82, 2.24) is 14.5 Å². The number of furan rings is 1. The minimum Gasteiger partial charge on any atom is -0.507 e. The van der Waals surface area contributed by atoms with Crippen molar-refractivity contribution in [2.75, 3.05) is 0 Å². The monoisotopic (exact) mass is 805 g/mol. The fraction of sp³-hybridized carbons (Fsp3) is 0.0952. The largest absolute Gasteiger partial charge is 0.507 e. The van der Waals surface area contributed by atoms with Crippen LogP contribution in [0, 0.1) is 19.9 Å². The van der Waals surface area contributed by atoms with Gasteiger partial charge in [-0.3, -0.25) is 9.97 Å². The van der Waals surface area contributed by atoms with Crippen LogP contribution < -0.4 is 0 Å². The number of rotatable bonds is 7. The minimum absolute atomic E-state index is 0. The molecule has 238 valence electrons. The van der Waals surface area contributed by atoms with Crippen LogP contribution in [0.15, 0.2) is 132 Å². The van der Waals surface area contributed by atoms with Crippen LogP contribution in [0.1, 0.15) is 22.3 Å². The number of allylic oxidation sites excluding steroid dienone is 2. The molecule has 6 heteroatoms. The number of aryl methyl sites for hydroxylation is 2. The second-order valence-electron chi connectivity index (χ2n) is 12.1. The van der Waals surface area contributed by atoms with E-state index in [-0.39, 0.29) is 26.8 Å². The molecule has 0 amide bonds. The van der Waals surface area contributed by atoms with Gasteiger partial charge in [0.05, 0.1) is 11.5 Å². The first-order valence-electron chi connectivity index (χ1n) is 15.8. The van der Waals surface area contributed by atoms with E-state index in [0.717, 1.165) is 56.4 Å². The van der Waals surface area contributed by atoms with E-state index in [4.69, 9.17) is 9.40 Å². The fourth-order valence-electron chi connectivity index (χ4n) is 6.57. The molecule has 48 heavy (non-hydrogen) atoms. The third-order valence-corrected chi connectivity index (χ3v) is 8.73. The molecule has 5 aromatic carbocycles. The smallest absolute Gasteiger partial charge is 0.142 e. The van der Waals surface area contributed by atoms with Crippen LogP contribution in [-0.4, -0.2) is 19.6 Å². The number of para-hydroxylation sites is 1. The summed E-state index contributed by atoms with van der Waals surface area (Å²) in [6, 6.07) is 36.0. The van der Waals surface area contributed by atoms with E-state index in [2.05, 4.69) is 84.1 Å². The number of pyridine rings is 1. The molecule has 0 saturated heterocycles. The van der Waals surface area contributed by atoms with Crippen LogP contribution in [0.25, 0.3) is 61.0 Å². The summed E-state index contributed by atoms with van der Waals surface area (Å²) < 4.78 is 8.48. The zero-order valence-electron chi connectivity index (χ0n) is 26.6. The van der Waals surface area contributed by atoms with Crippen molar-refractivity contribution in [3.63, 3.8) is 0 Å². The number of aromatic nitrogens is 3. The van der Waals surface area contributed by atoms with E-state index in [0.29, 0.717) is 23.3 Å². The Morgan fingerprint density at radius 1 is 0.812 bits per heavy atom. The Bertz CT molecular complexity index is 2430. The number of benzene rings is 5. The van der Waals surface area contributed by atoms with Gasteiger partial charge in [-0.1, -0.05) is 60.7 Å². The third kappa shape index (κ3) is 5.76. The number of phenols is 1. The van der Waals surface area contributed by atoms with E-state index >= 15 is 0 Å². The first-order chi connectivity index (χ1) is 23.0. The number of phenolic OH excluding ortho intramolecular Hbond substituents is 1. The average Bonchev–Trinajstić information content (AvgIpc) is 3.70. The summed E-state index contributed by atoms with van der Waals surface area (Å²) in [5.41, 5.74) is 8.91. The quantitative estimate of drug-likeness (QED) is 0.129. The van der Waals surface area contributed by atoms with Crippen LogP contribution >= 0.6 is 0 Å². The summed E-state index contributed by atoms with van der Waals surface area (Å²) >= 11 is 0. The SMILES string of the molecule is Cc1cc(C)cc(-n2cc(-c3cc4c(oc5ccccc54)c(C/C=C/Cc4cncc5ccccc45)c3O)nc2-c2[c-]cccc2)c1.[Pt]. The maximum atomic E-state index is 12.0. The van der Waals surface area contributed by atoms with Gasteiger partial charge in [0.25, 0.3) is 0 Å². The summed E-state index contributed by atoms with van der Waals surface area (Å²) in [7, 11) is 0. The zero-order valence-corrected chi connectivity index (χ0v) is 28.8. The fourth-order valence-corrected chi connectivity index (χ4v) is 6.57. The summed E-state index contributed by atoms with van der Waals surface area (Å²) in [4.78, 5) is 9.58. The number of hydrogen-bond donors (Lipinski definition) is 1. The molecule has 8 aromatic rings. The first kappa shape index (κ1) is 31.4. The van der Waals surface area contributed by atoms with E-state index in [1.165, 1.54) is 16.5 Å². The van der Waals surface area contributed by atoms with Gasteiger partial charge in [0.15, 0.2) is 0 Å². The first-order valence-corrected chi connectivity index (χ1v) is 15.8. The Labute approximate surface area is 293 Å². The molecule has 0 spiro atoms. The zero-order chi connectivity index (χ0) is 31.9. The summed E-state index contributed by atoms with van der Waals surface area (Å²) in [5, 5.41) is 16.3. The molecule has 0 atom stereocenters. The van der Waals surface area contributed by atoms with Crippen molar-refractivity contribution < 1.29 is 30.6 Å². The Morgan fingerprint density at radius 3 is 2.38 bits per heavy atom. The molecule has 0 bridgehead atoms. The number of nitrogens with zero attached hydrogens (tertiary/aromatic N) is 3. The van der Waals surface area contributed by atoms with Crippen molar-refractivity contribution >= 4 is 32.7 Å². The second-order valence-corrected chi connectivity index (χ2v) is 12.1.